The number of hydrogen-bond acceptors (Lipinski definition) is 5. The molecule has 2 N–H and O–H groups in total. The molecule has 11 heteroatoms. The van der Waals surface area contributed by atoms with Gasteiger partial charge in [-0.2, -0.15) is 10.2 Å². The molecule has 38 heavy (non-hydrogen) atoms. The Morgan fingerprint density at radius 2 is 1.79 bits per heavy atom. The molecule has 1 heterocycles. The number of hydrazone groups is 1. The molecule has 0 bridgehead atoms. The van der Waals surface area contributed by atoms with E-state index in [4.69, 9.17) is 12.2 Å². The maximum Gasteiger partial charge on any atom is 0.573 e. The Morgan fingerprint density at radius 3 is 2.50 bits per heavy atom. The molecule has 0 aliphatic heterocycles. The van der Waals surface area contributed by atoms with Crippen LogP contribution in [0.3, 0.4) is 0 Å². The summed E-state index contributed by atoms with van der Waals surface area (Å²) in [5.41, 5.74) is 7.72. The number of aromatic nitrogens is 2. The number of aryl methyl sites for hydroxylation is 1. The average Bonchev–Trinajstić information content (AvgIpc) is 3.17. The Hall–Kier alpha value is -4.25. The van der Waals surface area contributed by atoms with Gasteiger partial charge in [-0.3, -0.25) is 15.1 Å². The first-order valence-corrected chi connectivity index (χ1v) is 12.1. The number of thiocarbonyl (C=S) groups is 1. The number of rotatable bonds is 7. The molecule has 0 spiro atoms. The zero-order valence-corrected chi connectivity index (χ0v) is 21.6. The van der Waals surface area contributed by atoms with Gasteiger partial charge in [-0.05, 0) is 71.7 Å². The number of benzene rings is 3. The van der Waals surface area contributed by atoms with Gasteiger partial charge < -0.3 is 10.1 Å². The topological polar surface area (TPSA) is 75.8 Å². The molecule has 1 aromatic heterocycles. The van der Waals surface area contributed by atoms with E-state index in [-0.39, 0.29) is 5.75 Å². The van der Waals surface area contributed by atoms with Crippen LogP contribution in [0.15, 0.2) is 76.8 Å². The Morgan fingerprint density at radius 1 is 1.05 bits per heavy atom. The van der Waals surface area contributed by atoms with E-state index < -0.39 is 6.36 Å². The zero-order chi connectivity index (χ0) is 27.3. The number of hydrogen-bond donors (Lipinski definition) is 2. The fourth-order valence-corrected chi connectivity index (χ4v) is 3.94. The van der Waals surface area contributed by atoms with Gasteiger partial charge in [0.15, 0.2) is 5.11 Å². The van der Waals surface area contributed by atoms with Gasteiger partial charge in [0.2, 0.25) is 0 Å². The van der Waals surface area contributed by atoms with Gasteiger partial charge in [0.05, 0.1) is 23.6 Å². The summed E-state index contributed by atoms with van der Waals surface area (Å²) >= 11 is 5.38. The lowest BCUT2D eigenvalue weighted by Gasteiger charge is -2.14. The third-order valence-corrected chi connectivity index (χ3v) is 5.71. The van der Waals surface area contributed by atoms with Crippen LogP contribution in [0.25, 0.3) is 10.9 Å². The largest absolute Gasteiger partial charge is 0.573 e. The quantitative estimate of drug-likeness (QED) is 0.156. The van der Waals surface area contributed by atoms with Gasteiger partial charge in [-0.25, -0.2) is 0 Å². The third-order valence-electron chi connectivity index (χ3n) is 5.52. The second kappa shape index (κ2) is 11.4. The number of nitrogens with one attached hydrogen (secondary N) is 2. The summed E-state index contributed by atoms with van der Waals surface area (Å²) in [6, 6.07) is 19.0. The summed E-state index contributed by atoms with van der Waals surface area (Å²) < 4.78 is 42.6. The summed E-state index contributed by atoms with van der Waals surface area (Å²) in [6.07, 6.45) is -1.51. The highest BCUT2D eigenvalue weighted by Gasteiger charge is 2.30. The summed E-state index contributed by atoms with van der Waals surface area (Å²) in [5.74, 6) is 0.0457. The molecule has 0 radical (unpaired) electrons. The van der Waals surface area contributed by atoms with Crippen molar-refractivity contribution in [2.24, 2.45) is 17.1 Å². The Balaban J connectivity index is 1.42. The van der Waals surface area contributed by atoms with Crippen LogP contribution in [0, 0.1) is 0 Å². The first-order chi connectivity index (χ1) is 18.1. The van der Waals surface area contributed by atoms with E-state index in [0.717, 1.165) is 27.7 Å². The molecule has 0 fully saturated rings. The molecule has 0 saturated carbocycles. The van der Waals surface area contributed by atoms with Crippen LogP contribution in [0.4, 0.5) is 24.5 Å². The molecule has 0 atom stereocenters. The molecule has 0 amide bonds. The van der Waals surface area contributed by atoms with Crippen molar-refractivity contribution in [3.8, 4) is 5.75 Å². The lowest BCUT2D eigenvalue weighted by atomic mass is 10.0. The van der Waals surface area contributed by atoms with Crippen LogP contribution in [-0.2, 0) is 7.05 Å². The van der Waals surface area contributed by atoms with Crippen LogP contribution in [0.5, 0.6) is 5.75 Å². The molecular formula is C27H25F3N6OS. The normalized spacial score (nSPS) is 12.1. The van der Waals surface area contributed by atoms with Gasteiger partial charge in [0, 0.05) is 18.1 Å². The van der Waals surface area contributed by atoms with Crippen molar-refractivity contribution < 1.29 is 17.9 Å². The number of anilines is 1. The lowest BCUT2D eigenvalue weighted by Crippen LogP contribution is -2.24. The smallest absolute Gasteiger partial charge is 0.406 e. The number of aliphatic imine (C=N–C) groups is 1. The summed E-state index contributed by atoms with van der Waals surface area (Å²) in [7, 11) is 1.81. The second-order valence-corrected chi connectivity index (χ2v) is 9.06. The molecular weight excluding hydrogens is 513 g/mol. The number of nitrogens with zero attached hydrogens (tertiary/aromatic N) is 4. The predicted molar refractivity (Wildman–Crippen MR) is 149 cm³/mol. The van der Waals surface area contributed by atoms with Crippen molar-refractivity contribution in [2.45, 2.75) is 26.1 Å². The summed E-state index contributed by atoms with van der Waals surface area (Å²) in [4.78, 5) is 4.32. The van der Waals surface area contributed by atoms with E-state index in [9.17, 15) is 13.2 Å². The van der Waals surface area contributed by atoms with Crippen molar-refractivity contribution in [1.29, 1.82) is 0 Å². The van der Waals surface area contributed by atoms with E-state index in [1.165, 1.54) is 24.3 Å². The van der Waals surface area contributed by atoms with E-state index in [0.29, 0.717) is 22.4 Å². The minimum Gasteiger partial charge on any atom is -0.406 e. The van der Waals surface area contributed by atoms with E-state index in [1.54, 1.807) is 17.1 Å². The van der Waals surface area contributed by atoms with Crippen molar-refractivity contribution in [2.75, 3.05) is 5.32 Å². The SMILES string of the molecule is CC(C)c1ccccc1NC(=S)NN=Cc1ccc2c(C=Nc3ccc(OC(F)(F)F)cc3)nn(C)c2c1. The molecule has 0 aliphatic rings. The van der Waals surface area contributed by atoms with Crippen molar-refractivity contribution >= 4 is 52.0 Å². The number of ether oxygens (including phenoxy) is 1. The molecule has 4 aromatic rings. The lowest BCUT2D eigenvalue weighted by molar-refractivity contribution is -0.274. The zero-order valence-electron chi connectivity index (χ0n) is 20.8. The number of fused-ring (bicyclic) bond motifs is 1. The fourth-order valence-electron chi connectivity index (χ4n) is 3.78. The third kappa shape index (κ3) is 6.94. The van der Waals surface area contributed by atoms with Crippen molar-refractivity contribution in [1.82, 2.24) is 15.2 Å². The highest BCUT2D eigenvalue weighted by Crippen LogP contribution is 2.26. The first-order valence-electron chi connectivity index (χ1n) is 11.6. The molecule has 3 aromatic carbocycles. The first kappa shape index (κ1) is 26.8. The fraction of sp³-hybridized carbons (Fsp3) is 0.185. The van der Waals surface area contributed by atoms with Crippen molar-refractivity contribution in [3.05, 3.63) is 83.6 Å². The average molecular weight is 539 g/mol. The summed E-state index contributed by atoms with van der Waals surface area (Å²) in [5, 5.41) is 13.2. The molecule has 0 aliphatic carbocycles. The maximum atomic E-state index is 12.3. The minimum absolute atomic E-state index is 0.305. The minimum atomic E-state index is -4.74. The Labute approximate surface area is 223 Å². The maximum absolute atomic E-state index is 12.3. The molecule has 0 unspecified atom stereocenters. The van der Waals surface area contributed by atoms with Crippen LogP contribution >= 0.6 is 12.2 Å². The Bertz CT molecular complexity index is 1490. The standard InChI is InChI=1S/C27H25F3N6OS/c1-17(2)21-6-4-5-7-23(21)33-26(38)34-32-15-18-8-13-22-24(35-36(3)25(22)14-18)16-31-19-9-11-20(12-10-19)37-27(28,29)30/h4-17H,1-3H3,(H2,33,34,38). The van der Waals surface area contributed by atoms with Gasteiger partial charge in [0.1, 0.15) is 11.4 Å². The molecule has 0 saturated heterocycles. The predicted octanol–water partition coefficient (Wildman–Crippen LogP) is 6.67. The van der Waals surface area contributed by atoms with E-state index in [1.807, 2.05) is 43.4 Å². The molecule has 7 nitrogen and oxygen atoms in total. The van der Waals surface area contributed by atoms with Crippen molar-refractivity contribution in [3.63, 3.8) is 0 Å². The highest BCUT2D eigenvalue weighted by molar-refractivity contribution is 7.80. The Kier molecular flexibility index (Phi) is 8.06. The summed E-state index contributed by atoms with van der Waals surface area (Å²) in [6.45, 7) is 4.24. The van der Waals surface area contributed by atoms with E-state index >= 15 is 0 Å². The van der Waals surface area contributed by atoms with Crippen LogP contribution in [-0.4, -0.2) is 33.7 Å². The number of para-hydroxylation sites is 1. The monoisotopic (exact) mass is 538 g/mol. The van der Waals surface area contributed by atoms with Gasteiger partial charge in [-0.15, -0.1) is 13.2 Å². The van der Waals surface area contributed by atoms with Gasteiger partial charge >= 0.3 is 6.36 Å². The molecule has 196 valence electrons. The molecule has 4 rings (SSSR count). The van der Waals surface area contributed by atoms with Crippen LogP contribution < -0.4 is 15.5 Å². The van der Waals surface area contributed by atoms with Crippen LogP contribution in [0.1, 0.15) is 36.6 Å². The van der Waals surface area contributed by atoms with Gasteiger partial charge in [-0.1, -0.05) is 38.1 Å². The van der Waals surface area contributed by atoms with Crippen LogP contribution in [0.2, 0.25) is 0 Å². The number of alkyl halides is 3. The second-order valence-electron chi connectivity index (χ2n) is 8.65. The number of halogens is 3. The highest BCUT2D eigenvalue weighted by atomic mass is 32.1. The van der Waals surface area contributed by atoms with E-state index in [2.05, 4.69) is 50.6 Å². The van der Waals surface area contributed by atoms with Gasteiger partial charge in [0.25, 0.3) is 0 Å².